The van der Waals surface area contributed by atoms with Gasteiger partial charge >= 0.3 is 0 Å². The van der Waals surface area contributed by atoms with Crippen LogP contribution >= 0.6 is 23.7 Å². The van der Waals surface area contributed by atoms with Crippen LogP contribution in [0.25, 0.3) is 21.2 Å². The number of hydrogen-bond donors (Lipinski definition) is 0. The van der Waals surface area contributed by atoms with Crippen molar-refractivity contribution >= 4 is 33.8 Å². The molecule has 0 spiro atoms. The number of thiophene rings is 1. The highest BCUT2D eigenvalue weighted by Gasteiger charge is 2.19. The number of pyridine rings is 1. The Bertz CT molecular complexity index is 737. The molecule has 1 saturated carbocycles. The van der Waals surface area contributed by atoms with Crippen LogP contribution in [-0.2, 0) is 0 Å². The van der Waals surface area contributed by atoms with E-state index in [9.17, 15) is 0 Å². The summed E-state index contributed by atoms with van der Waals surface area (Å²) in [6, 6.07) is 10.5. The third-order valence-electron chi connectivity index (χ3n) is 3.87. The lowest BCUT2D eigenvalue weighted by Gasteiger charge is -2.26. The maximum absolute atomic E-state index is 5.97. The van der Waals surface area contributed by atoms with Gasteiger partial charge in [-0.1, -0.05) is 6.07 Å². The Morgan fingerprint density at radius 2 is 2.10 bits per heavy atom. The topological polar surface area (TPSA) is 22.1 Å². The summed E-state index contributed by atoms with van der Waals surface area (Å²) in [5, 5.41) is 3.48. The Labute approximate surface area is 134 Å². The maximum Gasteiger partial charge on any atom is 0.121 e. The van der Waals surface area contributed by atoms with Gasteiger partial charge in [-0.05, 0) is 48.9 Å². The molecule has 1 aliphatic carbocycles. The van der Waals surface area contributed by atoms with E-state index in [1.807, 2.05) is 18.5 Å². The van der Waals surface area contributed by atoms with E-state index in [0.717, 1.165) is 5.75 Å². The smallest absolute Gasteiger partial charge is 0.121 e. The molecule has 0 amide bonds. The highest BCUT2D eigenvalue weighted by atomic mass is 35.5. The van der Waals surface area contributed by atoms with E-state index in [2.05, 4.69) is 34.6 Å². The normalized spacial score (nSPS) is 14.5. The first-order valence-electron chi connectivity index (χ1n) is 6.98. The van der Waals surface area contributed by atoms with Crippen molar-refractivity contribution in [1.29, 1.82) is 0 Å². The summed E-state index contributed by atoms with van der Waals surface area (Å²) in [6.07, 6.45) is 7.86. The van der Waals surface area contributed by atoms with E-state index in [1.165, 1.54) is 40.5 Å². The third-order valence-corrected chi connectivity index (χ3v) is 4.82. The molecule has 1 aliphatic rings. The monoisotopic (exact) mass is 317 g/mol. The summed E-state index contributed by atoms with van der Waals surface area (Å²) in [6.45, 7) is 0. The van der Waals surface area contributed by atoms with Gasteiger partial charge in [-0.15, -0.1) is 23.7 Å². The minimum Gasteiger partial charge on any atom is -0.490 e. The van der Waals surface area contributed by atoms with Crippen molar-refractivity contribution in [3.8, 4) is 16.9 Å². The average molecular weight is 318 g/mol. The Morgan fingerprint density at radius 1 is 1.19 bits per heavy atom. The van der Waals surface area contributed by atoms with Crippen molar-refractivity contribution in [2.24, 2.45) is 0 Å². The molecule has 1 fully saturated rings. The molecule has 0 unspecified atom stereocenters. The molecule has 0 N–H and O–H groups in total. The molecule has 0 aliphatic heterocycles. The Kier molecular flexibility index (Phi) is 4.13. The summed E-state index contributed by atoms with van der Waals surface area (Å²) in [7, 11) is 0. The second-order valence-electron chi connectivity index (χ2n) is 5.22. The van der Waals surface area contributed by atoms with E-state index in [1.54, 1.807) is 11.3 Å². The number of nitrogens with zero attached hydrogens (tertiary/aromatic N) is 1. The number of halogens is 1. The van der Waals surface area contributed by atoms with Crippen LogP contribution in [0.5, 0.6) is 5.75 Å². The van der Waals surface area contributed by atoms with Gasteiger partial charge in [0.05, 0.1) is 6.10 Å². The first-order valence-corrected chi connectivity index (χ1v) is 7.86. The molecule has 0 atom stereocenters. The minimum absolute atomic E-state index is 0. The molecule has 2 nitrogen and oxygen atoms in total. The van der Waals surface area contributed by atoms with Crippen molar-refractivity contribution in [2.75, 3.05) is 0 Å². The van der Waals surface area contributed by atoms with Gasteiger partial charge in [0.2, 0.25) is 0 Å². The van der Waals surface area contributed by atoms with Crippen molar-refractivity contribution in [1.82, 2.24) is 4.98 Å². The SMILES string of the molecule is Cl.c1cncc(-c2csc3cc(OC4CCC4)ccc23)c1. The summed E-state index contributed by atoms with van der Waals surface area (Å²) < 4.78 is 7.25. The number of hydrogen-bond acceptors (Lipinski definition) is 3. The second kappa shape index (κ2) is 6.04. The van der Waals surface area contributed by atoms with E-state index < -0.39 is 0 Å². The zero-order chi connectivity index (χ0) is 13.4. The van der Waals surface area contributed by atoms with Crippen LogP contribution in [0.3, 0.4) is 0 Å². The fraction of sp³-hybridized carbons (Fsp3) is 0.235. The molecule has 4 rings (SSSR count). The Balaban J connectivity index is 0.00000132. The highest BCUT2D eigenvalue weighted by molar-refractivity contribution is 7.17. The van der Waals surface area contributed by atoms with Gasteiger partial charge in [0.1, 0.15) is 5.75 Å². The predicted octanol–water partition coefficient (Wildman–Crippen LogP) is 5.32. The molecule has 0 bridgehead atoms. The lowest BCUT2D eigenvalue weighted by Crippen LogP contribution is -2.24. The maximum atomic E-state index is 5.97. The quantitative estimate of drug-likeness (QED) is 0.652. The highest BCUT2D eigenvalue weighted by Crippen LogP contribution is 2.36. The van der Waals surface area contributed by atoms with Gasteiger partial charge in [-0.25, -0.2) is 0 Å². The molecule has 21 heavy (non-hydrogen) atoms. The number of fused-ring (bicyclic) bond motifs is 1. The average Bonchev–Trinajstić information content (AvgIpc) is 2.87. The summed E-state index contributed by atoms with van der Waals surface area (Å²) >= 11 is 1.77. The molecule has 3 aromatic rings. The number of aromatic nitrogens is 1. The van der Waals surface area contributed by atoms with Gasteiger partial charge in [0, 0.05) is 33.6 Å². The largest absolute Gasteiger partial charge is 0.490 e. The van der Waals surface area contributed by atoms with Crippen LogP contribution in [0.2, 0.25) is 0 Å². The molecule has 1 aromatic carbocycles. The van der Waals surface area contributed by atoms with Crippen molar-refractivity contribution in [3.63, 3.8) is 0 Å². The number of ether oxygens (including phenoxy) is 1. The van der Waals surface area contributed by atoms with E-state index in [0.29, 0.717) is 6.10 Å². The molecular weight excluding hydrogens is 302 g/mol. The van der Waals surface area contributed by atoms with Crippen LogP contribution < -0.4 is 4.74 Å². The Morgan fingerprint density at radius 3 is 2.81 bits per heavy atom. The van der Waals surface area contributed by atoms with E-state index in [4.69, 9.17) is 4.74 Å². The lowest BCUT2D eigenvalue weighted by molar-refractivity contribution is 0.120. The van der Waals surface area contributed by atoms with Gasteiger partial charge < -0.3 is 4.74 Å². The molecule has 2 heterocycles. The van der Waals surface area contributed by atoms with Gasteiger partial charge in [-0.3, -0.25) is 4.98 Å². The van der Waals surface area contributed by atoms with Crippen LogP contribution in [0.15, 0.2) is 48.1 Å². The number of benzene rings is 1. The Hall–Kier alpha value is -1.58. The fourth-order valence-electron chi connectivity index (χ4n) is 2.51. The van der Waals surface area contributed by atoms with Crippen LogP contribution in [0, 0.1) is 0 Å². The van der Waals surface area contributed by atoms with Crippen LogP contribution in [-0.4, -0.2) is 11.1 Å². The molecule has 0 saturated heterocycles. The van der Waals surface area contributed by atoms with Gasteiger partial charge in [-0.2, -0.15) is 0 Å². The first-order chi connectivity index (χ1) is 9.90. The lowest BCUT2D eigenvalue weighted by atomic mass is 9.96. The van der Waals surface area contributed by atoms with Crippen molar-refractivity contribution < 1.29 is 4.74 Å². The summed E-state index contributed by atoms with van der Waals surface area (Å²) in [5.41, 5.74) is 2.43. The van der Waals surface area contributed by atoms with Crippen LogP contribution in [0.1, 0.15) is 19.3 Å². The summed E-state index contributed by atoms with van der Waals surface area (Å²) in [5.74, 6) is 1.00. The molecule has 108 valence electrons. The molecule has 0 radical (unpaired) electrons. The number of rotatable bonds is 3. The second-order valence-corrected chi connectivity index (χ2v) is 6.13. The predicted molar refractivity (Wildman–Crippen MR) is 90.6 cm³/mol. The van der Waals surface area contributed by atoms with Gasteiger partial charge in [0.25, 0.3) is 0 Å². The zero-order valence-electron chi connectivity index (χ0n) is 11.5. The van der Waals surface area contributed by atoms with E-state index >= 15 is 0 Å². The fourth-order valence-corrected chi connectivity index (χ4v) is 3.51. The van der Waals surface area contributed by atoms with Crippen molar-refractivity contribution in [2.45, 2.75) is 25.4 Å². The van der Waals surface area contributed by atoms with E-state index in [-0.39, 0.29) is 12.4 Å². The van der Waals surface area contributed by atoms with Crippen molar-refractivity contribution in [3.05, 3.63) is 48.1 Å². The van der Waals surface area contributed by atoms with Crippen LogP contribution in [0.4, 0.5) is 0 Å². The summed E-state index contributed by atoms with van der Waals surface area (Å²) in [4.78, 5) is 4.20. The third kappa shape index (κ3) is 2.76. The molecule has 4 heteroatoms. The molecular formula is C17H16ClNOS. The first kappa shape index (κ1) is 14.4. The van der Waals surface area contributed by atoms with Gasteiger partial charge in [0.15, 0.2) is 0 Å². The molecule has 2 aromatic heterocycles. The standard InChI is InChI=1S/C17H15NOS.ClH/c1-4-13(5-1)19-14-6-7-15-16(11-20-17(15)9-14)12-3-2-8-18-10-12;/h2-3,6-11,13H,1,4-5H2;1H. The minimum atomic E-state index is 0. The zero-order valence-corrected chi connectivity index (χ0v) is 13.1.